The molecule has 0 fully saturated rings. The summed E-state index contributed by atoms with van der Waals surface area (Å²) in [6.07, 6.45) is 3.63. The van der Waals surface area contributed by atoms with Crippen LogP contribution in [-0.2, 0) is 13.1 Å². The molecule has 2 aromatic rings. The van der Waals surface area contributed by atoms with E-state index in [1.807, 2.05) is 10.8 Å². The third kappa shape index (κ3) is 4.05. The quantitative estimate of drug-likeness (QED) is 0.884. The van der Waals surface area contributed by atoms with Crippen LogP contribution in [0.4, 0.5) is 4.39 Å². The standard InChI is InChI=1S/C15H19ClFN3/c1-11(2)6-18-7-13-8-19-10-20(13)9-12-3-4-15(17)14(16)5-12/h3-5,8,10-11,18H,6-7,9H2,1-2H3. The maximum Gasteiger partial charge on any atom is 0.141 e. The van der Waals surface area contributed by atoms with Gasteiger partial charge >= 0.3 is 0 Å². The van der Waals surface area contributed by atoms with E-state index in [4.69, 9.17) is 11.6 Å². The van der Waals surface area contributed by atoms with Gasteiger partial charge in [0.1, 0.15) is 5.82 Å². The largest absolute Gasteiger partial charge is 0.329 e. The third-order valence-electron chi connectivity index (χ3n) is 2.99. The summed E-state index contributed by atoms with van der Waals surface area (Å²) in [7, 11) is 0. The second-order valence-electron chi connectivity index (χ2n) is 5.29. The summed E-state index contributed by atoms with van der Waals surface area (Å²) in [5, 5.41) is 3.54. The van der Waals surface area contributed by atoms with Crippen molar-refractivity contribution in [2.45, 2.75) is 26.9 Å². The number of hydrogen-bond donors (Lipinski definition) is 1. The zero-order valence-electron chi connectivity index (χ0n) is 11.7. The van der Waals surface area contributed by atoms with Gasteiger partial charge < -0.3 is 9.88 Å². The van der Waals surface area contributed by atoms with Crippen LogP contribution in [0, 0.1) is 11.7 Å². The topological polar surface area (TPSA) is 29.9 Å². The van der Waals surface area contributed by atoms with Crippen LogP contribution >= 0.6 is 11.6 Å². The van der Waals surface area contributed by atoms with Crippen LogP contribution in [-0.4, -0.2) is 16.1 Å². The van der Waals surface area contributed by atoms with Gasteiger partial charge in [0.25, 0.3) is 0 Å². The van der Waals surface area contributed by atoms with Crippen LogP contribution in [0.15, 0.2) is 30.7 Å². The van der Waals surface area contributed by atoms with Gasteiger partial charge in [-0.15, -0.1) is 0 Å². The van der Waals surface area contributed by atoms with E-state index in [0.29, 0.717) is 12.5 Å². The molecule has 1 heterocycles. The van der Waals surface area contributed by atoms with Crippen molar-refractivity contribution in [1.82, 2.24) is 14.9 Å². The molecule has 0 bridgehead atoms. The van der Waals surface area contributed by atoms with Crippen molar-refractivity contribution >= 4 is 11.6 Å². The minimum Gasteiger partial charge on any atom is -0.329 e. The van der Waals surface area contributed by atoms with E-state index in [2.05, 4.69) is 24.1 Å². The maximum absolute atomic E-state index is 13.1. The fraction of sp³-hybridized carbons (Fsp3) is 0.400. The van der Waals surface area contributed by atoms with E-state index in [1.165, 1.54) is 6.07 Å². The molecule has 0 aliphatic carbocycles. The van der Waals surface area contributed by atoms with Crippen LogP contribution < -0.4 is 5.32 Å². The predicted octanol–water partition coefficient (Wildman–Crippen LogP) is 3.47. The van der Waals surface area contributed by atoms with Crippen LogP contribution in [0.2, 0.25) is 5.02 Å². The number of hydrogen-bond acceptors (Lipinski definition) is 2. The van der Waals surface area contributed by atoms with E-state index in [0.717, 1.165) is 24.3 Å². The Morgan fingerprint density at radius 3 is 2.90 bits per heavy atom. The first-order valence-corrected chi connectivity index (χ1v) is 7.07. The molecule has 0 atom stereocenters. The highest BCUT2D eigenvalue weighted by Gasteiger charge is 2.05. The van der Waals surface area contributed by atoms with E-state index >= 15 is 0 Å². The Labute approximate surface area is 123 Å². The Bertz CT molecular complexity index is 566. The summed E-state index contributed by atoms with van der Waals surface area (Å²) in [4.78, 5) is 4.17. The minimum absolute atomic E-state index is 0.155. The summed E-state index contributed by atoms with van der Waals surface area (Å²) in [5.74, 6) is 0.224. The van der Waals surface area contributed by atoms with Gasteiger partial charge in [0.05, 0.1) is 17.0 Å². The molecular weight excluding hydrogens is 277 g/mol. The molecule has 20 heavy (non-hydrogen) atoms. The summed E-state index contributed by atoms with van der Waals surface area (Å²) in [6.45, 7) is 6.72. The lowest BCUT2D eigenvalue weighted by atomic mass is 10.2. The number of aromatic nitrogens is 2. The normalized spacial score (nSPS) is 11.2. The Kier molecular flexibility index (Phi) is 5.15. The molecular formula is C15H19ClFN3. The van der Waals surface area contributed by atoms with Gasteiger partial charge in [-0.3, -0.25) is 0 Å². The molecule has 5 heteroatoms. The summed E-state index contributed by atoms with van der Waals surface area (Å²) < 4.78 is 15.2. The highest BCUT2D eigenvalue weighted by Crippen LogP contribution is 2.17. The molecule has 2 rings (SSSR count). The highest BCUT2D eigenvalue weighted by atomic mass is 35.5. The number of imidazole rings is 1. The zero-order valence-corrected chi connectivity index (χ0v) is 12.5. The van der Waals surface area contributed by atoms with Crippen molar-refractivity contribution in [2.24, 2.45) is 5.92 Å². The second-order valence-corrected chi connectivity index (χ2v) is 5.69. The monoisotopic (exact) mass is 295 g/mol. The van der Waals surface area contributed by atoms with Crippen LogP contribution in [0.25, 0.3) is 0 Å². The lowest BCUT2D eigenvalue weighted by Crippen LogP contribution is -2.20. The molecule has 0 unspecified atom stereocenters. The number of nitrogens with one attached hydrogen (secondary N) is 1. The Morgan fingerprint density at radius 1 is 1.40 bits per heavy atom. The van der Waals surface area contributed by atoms with E-state index in [9.17, 15) is 4.39 Å². The smallest absolute Gasteiger partial charge is 0.141 e. The highest BCUT2D eigenvalue weighted by molar-refractivity contribution is 6.30. The molecule has 0 aliphatic rings. The molecule has 0 saturated carbocycles. The zero-order chi connectivity index (χ0) is 14.5. The van der Waals surface area contributed by atoms with Gasteiger partial charge in [0, 0.05) is 19.3 Å². The van der Waals surface area contributed by atoms with Crippen molar-refractivity contribution < 1.29 is 4.39 Å². The van der Waals surface area contributed by atoms with Gasteiger partial charge in [-0.1, -0.05) is 31.5 Å². The first-order valence-electron chi connectivity index (χ1n) is 6.70. The van der Waals surface area contributed by atoms with E-state index in [-0.39, 0.29) is 10.8 Å². The number of halogens is 2. The fourth-order valence-corrected chi connectivity index (χ4v) is 2.16. The Balaban J connectivity index is 2.02. The fourth-order valence-electron chi connectivity index (χ4n) is 1.96. The molecule has 0 saturated heterocycles. The van der Waals surface area contributed by atoms with Crippen molar-refractivity contribution in [3.05, 3.63) is 52.8 Å². The number of nitrogens with zero attached hydrogens (tertiary/aromatic N) is 2. The summed E-state index contributed by atoms with van der Waals surface area (Å²) in [6, 6.07) is 4.79. The third-order valence-corrected chi connectivity index (χ3v) is 3.28. The molecule has 0 aliphatic heterocycles. The van der Waals surface area contributed by atoms with E-state index in [1.54, 1.807) is 18.5 Å². The van der Waals surface area contributed by atoms with Crippen molar-refractivity contribution in [3.63, 3.8) is 0 Å². The van der Waals surface area contributed by atoms with Crippen LogP contribution in [0.3, 0.4) is 0 Å². The van der Waals surface area contributed by atoms with Gasteiger partial charge in [0.15, 0.2) is 0 Å². The molecule has 1 N–H and O–H groups in total. The van der Waals surface area contributed by atoms with Gasteiger partial charge in [0.2, 0.25) is 0 Å². The van der Waals surface area contributed by atoms with Crippen molar-refractivity contribution in [1.29, 1.82) is 0 Å². The average Bonchev–Trinajstić information content (AvgIpc) is 2.81. The maximum atomic E-state index is 13.1. The van der Waals surface area contributed by atoms with Crippen LogP contribution in [0.5, 0.6) is 0 Å². The van der Waals surface area contributed by atoms with Gasteiger partial charge in [-0.25, -0.2) is 9.37 Å². The van der Waals surface area contributed by atoms with Crippen molar-refractivity contribution in [2.75, 3.05) is 6.54 Å². The van der Waals surface area contributed by atoms with Gasteiger partial charge in [-0.2, -0.15) is 0 Å². The first-order chi connectivity index (χ1) is 9.56. The molecule has 0 amide bonds. The molecule has 108 valence electrons. The first kappa shape index (κ1) is 15.0. The Hall–Kier alpha value is -1.39. The lowest BCUT2D eigenvalue weighted by Gasteiger charge is -2.11. The Morgan fingerprint density at radius 2 is 2.20 bits per heavy atom. The molecule has 1 aromatic carbocycles. The number of rotatable bonds is 6. The molecule has 0 radical (unpaired) electrons. The molecule has 0 spiro atoms. The summed E-state index contributed by atoms with van der Waals surface area (Å²) >= 11 is 5.80. The second kappa shape index (κ2) is 6.86. The van der Waals surface area contributed by atoms with Gasteiger partial charge in [-0.05, 0) is 30.2 Å². The SMILES string of the molecule is CC(C)CNCc1cncn1Cc1ccc(F)c(Cl)c1. The average molecular weight is 296 g/mol. The lowest BCUT2D eigenvalue weighted by molar-refractivity contribution is 0.539. The van der Waals surface area contributed by atoms with E-state index < -0.39 is 0 Å². The predicted molar refractivity (Wildman–Crippen MR) is 79.3 cm³/mol. The van der Waals surface area contributed by atoms with Crippen LogP contribution in [0.1, 0.15) is 25.1 Å². The number of benzene rings is 1. The minimum atomic E-state index is -0.389. The summed E-state index contributed by atoms with van der Waals surface area (Å²) in [5.41, 5.74) is 2.06. The molecule has 3 nitrogen and oxygen atoms in total. The molecule has 1 aromatic heterocycles. The van der Waals surface area contributed by atoms with Crippen molar-refractivity contribution in [3.8, 4) is 0 Å².